The molecule has 0 aromatic heterocycles. The largest absolute Gasteiger partial charge is 0.0724 e. The summed E-state index contributed by atoms with van der Waals surface area (Å²) in [6, 6.07) is 0. The summed E-state index contributed by atoms with van der Waals surface area (Å²) in [7, 11) is -0.139. The molecule has 0 aliphatic heterocycles. The maximum absolute atomic E-state index is 2.31. The first-order valence-electron chi connectivity index (χ1n) is 1.73. The summed E-state index contributed by atoms with van der Waals surface area (Å²) in [6.45, 7) is 6.92. The van der Waals surface area contributed by atoms with Crippen LogP contribution in [0.15, 0.2) is 0 Å². The lowest BCUT2D eigenvalue weighted by molar-refractivity contribution is 1.91. The summed E-state index contributed by atoms with van der Waals surface area (Å²) in [6.07, 6.45) is 0. The maximum atomic E-state index is 2.31. The quantitative estimate of drug-likeness (QED) is 0.380. The molecule has 5 heavy (non-hydrogen) atoms. The first-order chi connectivity index (χ1) is 1.73. The zero-order valence-electron chi connectivity index (χ0n) is 4.15. The normalized spacial score (nSPS) is 7.20. The van der Waals surface area contributed by atoms with Crippen LogP contribution >= 0.6 is 0 Å². The second kappa shape index (κ2) is 4.28. The van der Waals surface area contributed by atoms with Crippen LogP contribution in [0.4, 0.5) is 0 Å². The molecule has 0 aromatic carbocycles. The zero-order chi connectivity index (χ0) is 3.58. The van der Waals surface area contributed by atoms with Gasteiger partial charge < -0.3 is 0 Å². The van der Waals surface area contributed by atoms with E-state index in [1.807, 2.05) is 0 Å². The molecule has 0 atom stereocenters. The van der Waals surface area contributed by atoms with E-state index in [4.69, 9.17) is 0 Å². The minimum absolute atomic E-state index is 0. The maximum Gasteiger partial charge on any atom is 0.0274 e. The molecule has 3 radical (unpaired) electrons. The summed E-state index contributed by atoms with van der Waals surface area (Å²) in [5.74, 6) is 0. The van der Waals surface area contributed by atoms with Crippen LogP contribution in [0.25, 0.3) is 0 Å². The molecule has 0 aromatic rings. The van der Waals surface area contributed by atoms with Crippen molar-refractivity contribution in [2.45, 2.75) is 19.6 Å². The summed E-state index contributed by atoms with van der Waals surface area (Å²) in [4.78, 5) is 0. The monoisotopic (exact) mass is 85.1 g/mol. The van der Waals surface area contributed by atoms with E-state index in [0.717, 1.165) is 0 Å². The van der Waals surface area contributed by atoms with Crippen molar-refractivity contribution in [3.63, 3.8) is 0 Å². The summed E-state index contributed by atoms with van der Waals surface area (Å²) >= 11 is 0. The fourth-order valence-electron chi connectivity index (χ4n) is 0. The highest BCUT2D eigenvalue weighted by Crippen LogP contribution is 1.68. The topological polar surface area (TPSA) is 0 Å². The SMILES string of the molecule is C[SiH](C)C.[B]. The lowest BCUT2D eigenvalue weighted by Crippen LogP contribution is -1.84. The van der Waals surface area contributed by atoms with Crippen LogP contribution in [-0.2, 0) is 0 Å². The predicted octanol–water partition coefficient (Wildman–Crippen LogP) is 0.722. The minimum atomic E-state index is -0.139. The fraction of sp³-hybridized carbons (Fsp3) is 1.00. The Morgan fingerprint density at radius 2 is 1.00 bits per heavy atom. The molecular weight excluding hydrogens is 74.9 g/mol. The molecule has 0 aliphatic carbocycles. The summed E-state index contributed by atoms with van der Waals surface area (Å²) in [5.41, 5.74) is 0. The van der Waals surface area contributed by atoms with Gasteiger partial charge in [0.15, 0.2) is 0 Å². The van der Waals surface area contributed by atoms with Crippen LogP contribution in [0, 0.1) is 0 Å². The molecular formula is C3H10BSi. The Kier molecular flexibility index (Phi) is 7.70. The third-order valence-electron chi connectivity index (χ3n) is 0. The van der Waals surface area contributed by atoms with Crippen LogP contribution in [0.3, 0.4) is 0 Å². The Labute approximate surface area is 37.8 Å². The Bertz CT molecular complexity index is 11.6. The number of hydrogen-bond donors (Lipinski definition) is 0. The highest BCUT2D eigenvalue weighted by molar-refractivity contribution is 6.54. The molecule has 0 heterocycles. The van der Waals surface area contributed by atoms with Crippen molar-refractivity contribution in [2.24, 2.45) is 0 Å². The van der Waals surface area contributed by atoms with E-state index in [1.54, 1.807) is 0 Å². The average molecular weight is 85.0 g/mol. The van der Waals surface area contributed by atoms with E-state index in [-0.39, 0.29) is 17.2 Å². The molecule has 0 spiro atoms. The lowest BCUT2D eigenvalue weighted by Gasteiger charge is -1.75. The van der Waals surface area contributed by atoms with Gasteiger partial charge in [0.25, 0.3) is 0 Å². The van der Waals surface area contributed by atoms with E-state index in [2.05, 4.69) is 19.6 Å². The van der Waals surface area contributed by atoms with Crippen molar-refractivity contribution in [1.82, 2.24) is 0 Å². The van der Waals surface area contributed by atoms with Crippen molar-refractivity contribution in [3.8, 4) is 0 Å². The Balaban J connectivity index is 0. The third-order valence-corrected chi connectivity index (χ3v) is 0. The van der Waals surface area contributed by atoms with Crippen molar-refractivity contribution < 1.29 is 0 Å². The second-order valence-electron chi connectivity index (χ2n) is 1.73. The Morgan fingerprint density at radius 1 is 1.00 bits per heavy atom. The van der Waals surface area contributed by atoms with Crippen molar-refractivity contribution in [3.05, 3.63) is 0 Å². The van der Waals surface area contributed by atoms with E-state index in [1.165, 1.54) is 0 Å². The first-order valence-corrected chi connectivity index (χ1v) is 5.20. The van der Waals surface area contributed by atoms with E-state index >= 15 is 0 Å². The highest BCUT2D eigenvalue weighted by atomic mass is 28.3. The molecule has 0 rings (SSSR count). The molecule has 0 amide bonds. The van der Waals surface area contributed by atoms with Gasteiger partial charge in [-0.2, -0.15) is 0 Å². The van der Waals surface area contributed by atoms with Gasteiger partial charge in [-0.3, -0.25) is 0 Å². The number of hydrogen-bond acceptors (Lipinski definition) is 0. The molecule has 29 valence electrons. The first kappa shape index (κ1) is 8.99. The van der Waals surface area contributed by atoms with E-state index in [0.29, 0.717) is 0 Å². The molecule has 2 heteroatoms. The van der Waals surface area contributed by atoms with Gasteiger partial charge in [0.1, 0.15) is 0 Å². The number of rotatable bonds is 0. The van der Waals surface area contributed by atoms with Crippen molar-refractivity contribution in [2.75, 3.05) is 0 Å². The minimum Gasteiger partial charge on any atom is -0.0724 e. The van der Waals surface area contributed by atoms with Crippen LogP contribution in [0.5, 0.6) is 0 Å². The molecule has 0 nitrogen and oxygen atoms in total. The van der Waals surface area contributed by atoms with E-state index in [9.17, 15) is 0 Å². The van der Waals surface area contributed by atoms with Gasteiger partial charge >= 0.3 is 0 Å². The zero-order valence-corrected chi connectivity index (χ0v) is 5.31. The van der Waals surface area contributed by atoms with Gasteiger partial charge in [0.05, 0.1) is 0 Å². The van der Waals surface area contributed by atoms with Crippen LogP contribution < -0.4 is 0 Å². The third kappa shape index (κ3) is 281. The molecule has 0 fully saturated rings. The average Bonchev–Trinajstić information content (AvgIpc) is 0.811. The van der Waals surface area contributed by atoms with Gasteiger partial charge in [-0.25, -0.2) is 0 Å². The molecule has 0 saturated heterocycles. The van der Waals surface area contributed by atoms with Crippen LogP contribution in [-0.4, -0.2) is 17.2 Å². The lowest BCUT2D eigenvalue weighted by atomic mass is 10.8. The van der Waals surface area contributed by atoms with Gasteiger partial charge in [-0.1, -0.05) is 19.6 Å². The predicted molar refractivity (Wildman–Crippen MR) is 30.5 cm³/mol. The van der Waals surface area contributed by atoms with Crippen LogP contribution in [0.2, 0.25) is 19.6 Å². The smallest absolute Gasteiger partial charge is 0.0274 e. The van der Waals surface area contributed by atoms with Crippen LogP contribution in [0.1, 0.15) is 0 Å². The standard InChI is InChI=1S/C3H10Si.B/c1-4(2)3;/h4H,1-3H3;. The van der Waals surface area contributed by atoms with Gasteiger partial charge in [-0.05, 0) is 0 Å². The summed E-state index contributed by atoms with van der Waals surface area (Å²) < 4.78 is 0. The molecule has 0 saturated carbocycles. The second-order valence-corrected chi connectivity index (χ2v) is 5.20. The van der Waals surface area contributed by atoms with Gasteiger partial charge in [0, 0.05) is 17.2 Å². The Morgan fingerprint density at radius 3 is 1.00 bits per heavy atom. The Hall–Kier alpha value is 0.282. The molecule has 0 aliphatic rings. The fourth-order valence-corrected chi connectivity index (χ4v) is 0. The highest BCUT2D eigenvalue weighted by Gasteiger charge is 1.71. The molecule has 0 unspecified atom stereocenters. The van der Waals surface area contributed by atoms with E-state index < -0.39 is 0 Å². The van der Waals surface area contributed by atoms with Crippen molar-refractivity contribution >= 4 is 17.2 Å². The van der Waals surface area contributed by atoms with Gasteiger partial charge in [0.2, 0.25) is 0 Å². The van der Waals surface area contributed by atoms with Crippen molar-refractivity contribution in [1.29, 1.82) is 0 Å². The summed E-state index contributed by atoms with van der Waals surface area (Å²) in [5, 5.41) is 0. The molecule has 0 bridgehead atoms. The molecule has 0 N–H and O–H groups in total. The van der Waals surface area contributed by atoms with Gasteiger partial charge in [-0.15, -0.1) is 0 Å².